The van der Waals surface area contributed by atoms with E-state index in [9.17, 15) is 9.90 Å². The third-order valence-electron chi connectivity index (χ3n) is 7.94. The Morgan fingerprint density at radius 3 is 2.16 bits per heavy atom. The Hall–Kier alpha value is -2.77. The standard InChI is InChI=1S/C30H34N2O4.2ClH/c1-35-23-13-14-26(36-2)22(17-23)18-31-28-24-15-16-32(19-25(24)30(33)34)29(28)27(20-9-5-3-6-10-20)21-11-7-4-8-12-21;;/h3-14,17,24-25,27-29,31H,15-16,18-19H2,1-2H3,(H,33,34);2*1H. The molecule has 3 aliphatic rings. The van der Waals surface area contributed by atoms with Gasteiger partial charge in [0.15, 0.2) is 0 Å². The van der Waals surface area contributed by atoms with Gasteiger partial charge in [-0.1, -0.05) is 60.7 Å². The van der Waals surface area contributed by atoms with Gasteiger partial charge in [-0.25, -0.2) is 0 Å². The molecule has 3 heterocycles. The van der Waals surface area contributed by atoms with Crippen LogP contribution in [-0.2, 0) is 11.3 Å². The highest BCUT2D eigenvalue weighted by Crippen LogP contribution is 2.44. The fraction of sp³-hybridized carbons (Fsp3) is 0.367. The minimum atomic E-state index is -0.704. The molecule has 5 atom stereocenters. The summed E-state index contributed by atoms with van der Waals surface area (Å²) in [6.07, 6.45) is 0.872. The molecule has 0 saturated carbocycles. The smallest absolute Gasteiger partial charge is 0.308 e. The number of halogens is 2. The molecule has 3 aliphatic heterocycles. The zero-order valence-corrected chi connectivity index (χ0v) is 23.3. The van der Waals surface area contributed by atoms with Crippen molar-refractivity contribution in [1.29, 1.82) is 0 Å². The normalized spacial score (nSPS) is 23.7. The first kappa shape index (κ1) is 29.8. The van der Waals surface area contributed by atoms with Crippen LogP contribution in [0.2, 0.25) is 0 Å². The number of carboxylic acid groups (broad SMARTS) is 1. The minimum absolute atomic E-state index is 0. The lowest BCUT2D eigenvalue weighted by molar-refractivity contribution is -0.152. The molecule has 5 unspecified atom stereocenters. The summed E-state index contributed by atoms with van der Waals surface area (Å²) in [5.41, 5.74) is 3.49. The first-order valence-corrected chi connectivity index (χ1v) is 12.6. The molecule has 3 fully saturated rings. The second-order valence-electron chi connectivity index (χ2n) is 9.77. The quantitative estimate of drug-likeness (QED) is 0.374. The first-order valence-electron chi connectivity index (χ1n) is 12.6. The van der Waals surface area contributed by atoms with Gasteiger partial charge in [-0.2, -0.15) is 0 Å². The molecule has 204 valence electrons. The molecule has 6 rings (SSSR count). The van der Waals surface area contributed by atoms with Gasteiger partial charge in [-0.05, 0) is 48.2 Å². The van der Waals surface area contributed by atoms with E-state index < -0.39 is 5.97 Å². The Bertz CT molecular complexity index is 1140. The van der Waals surface area contributed by atoms with Gasteiger partial charge >= 0.3 is 5.97 Å². The number of hydrogen-bond acceptors (Lipinski definition) is 5. The number of nitrogens with zero attached hydrogens (tertiary/aromatic N) is 1. The van der Waals surface area contributed by atoms with Gasteiger partial charge in [0.05, 0.1) is 20.1 Å². The summed E-state index contributed by atoms with van der Waals surface area (Å²) in [6.45, 7) is 2.06. The molecule has 0 spiro atoms. The van der Waals surface area contributed by atoms with E-state index in [1.165, 1.54) is 11.1 Å². The molecule has 3 aromatic rings. The largest absolute Gasteiger partial charge is 0.497 e. The van der Waals surface area contributed by atoms with Crippen LogP contribution in [0.5, 0.6) is 11.5 Å². The molecule has 0 aromatic heterocycles. The predicted molar refractivity (Wildman–Crippen MR) is 154 cm³/mol. The van der Waals surface area contributed by atoms with Gasteiger partial charge in [0.2, 0.25) is 0 Å². The molecule has 8 heteroatoms. The molecule has 38 heavy (non-hydrogen) atoms. The fourth-order valence-electron chi connectivity index (χ4n) is 6.28. The van der Waals surface area contributed by atoms with Gasteiger partial charge in [-0.15, -0.1) is 24.8 Å². The highest BCUT2D eigenvalue weighted by molar-refractivity contribution is 5.85. The lowest BCUT2D eigenvalue weighted by Crippen LogP contribution is -2.68. The van der Waals surface area contributed by atoms with Gasteiger partial charge < -0.3 is 19.9 Å². The molecule has 2 N–H and O–H groups in total. The van der Waals surface area contributed by atoms with Crippen molar-refractivity contribution in [2.24, 2.45) is 11.8 Å². The Morgan fingerprint density at radius 2 is 1.61 bits per heavy atom. The van der Waals surface area contributed by atoms with Crippen LogP contribution in [0.15, 0.2) is 78.9 Å². The summed E-state index contributed by atoms with van der Waals surface area (Å²) in [5.74, 6) is 0.641. The average molecular weight is 560 g/mol. The van der Waals surface area contributed by atoms with Crippen molar-refractivity contribution in [2.45, 2.75) is 31.0 Å². The summed E-state index contributed by atoms with van der Waals surface area (Å²) >= 11 is 0. The summed E-state index contributed by atoms with van der Waals surface area (Å²) in [6, 6.07) is 27.1. The van der Waals surface area contributed by atoms with Crippen LogP contribution < -0.4 is 14.8 Å². The second-order valence-corrected chi connectivity index (χ2v) is 9.77. The highest BCUT2D eigenvalue weighted by Gasteiger charge is 2.52. The van der Waals surface area contributed by atoms with Gasteiger partial charge in [0.25, 0.3) is 0 Å². The number of fused-ring (bicyclic) bond motifs is 3. The zero-order valence-electron chi connectivity index (χ0n) is 21.7. The number of benzene rings is 3. The van der Waals surface area contributed by atoms with Crippen LogP contribution in [0, 0.1) is 11.8 Å². The summed E-state index contributed by atoms with van der Waals surface area (Å²) in [4.78, 5) is 14.7. The summed E-state index contributed by atoms with van der Waals surface area (Å²) in [5, 5.41) is 13.9. The van der Waals surface area contributed by atoms with Crippen LogP contribution in [-0.4, -0.2) is 55.4 Å². The maximum absolute atomic E-state index is 12.3. The number of carbonyl (C=O) groups is 1. The number of methoxy groups -OCH3 is 2. The van der Waals surface area contributed by atoms with Crippen molar-refractivity contribution in [3.63, 3.8) is 0 Å². The SMILES string of the molecule is COc1ccc(OC)c(CNC2C3CCN(CC3C(=O)O)C2C(c2ccccc2)c2ccccc2)c1.Cl.Cl. The predicted octanol–water partition coefficient (Wildman–Crippen LogP) is 5.24. The molecule has 3 aromatic carbocycles. The van der Waals surface area contributed by atoms with E-state index in [2.05, 4.69) is 58.7 Å². The first-order chi connectivity index (χ1) is 17.6. The van der Waals surface area contributed by atoms with Gasteiger partial charge in [0.1, 0.15) is 11.5 Å². The number of rotatable bonds is 9. The molecule has 0 amide bonds. The van der Waals surface area contributed by atoms with Crippen molar-refractivity contribution < 1.29 is 19.4 Å². The van der Waals surface area contributed by atoms with Crippen molar-refractivity contribution in [2.75, 3.05) is 27.3 Å². The topological polar surface area (TPSA) is 71.0 Å². The Balaban J connectivity index is 0.00000200. The Labute approximate surface area is 237 Å². The fourth-order valence-corrected chi connectivity index (χ4v) is 6.28. The maximum atomic E-state index is 12.3. The van der Waals surface area contributed by atoms with Crippen LogP contribution in [0.4, 0.5) is 0 Å². The lowest BCUT2D eigenvalue weighted by atomic mass is 9.66. The van der Waals surface area contributed by atoms with E-state index in [1.54, 1.807) is 14.2 Å². The molecular weight excluding hydrogens is 523 g/mol. The molecule has 0 radical (unpaired) electrons. The number of piperidine rings is 3. The summed E-state index contributed by atoms with van der Waals surface area (Å²) < 4.78 is 11.1. The van der Waals surface area contributed by atoms with Gasteiger partial charge in [-0.3, -0.25) is 9.69 Å². The Kier molecular flexibility index (Phi) is 10.5. The van der Waals surface area contributed by atoms with Crippen LogP contribution in [0.1, 0.15) is 29.0 Å². The number of ether oxygens (including phenoxy) is 2. The van der Waals surface area contributed by atoms with E-state index >= 15 is 0 Å². The number of aliphatic carboxylic acids is 1. The molecular formula is C30H36Cl2N2O4. The second kappa shape index (κ2) is 13.3. The zero-order chi connectivity index (χ0) is 25.1. The van der Waals surface area contributed by atoms with Crippen molar-refractivity contribution >= 4 is 30.8 Å². The average Bonchev–Trinajstić information content (AvgIpc) is 2.93. The van der Waals surface area contributed by atoms with E-state index in [0.29, 0.717) is 13.1 Å². The molecule has 3 saturated heterocycles. The van der Waals surface area contributed by atoms with Crippen LogP contribution in [0.3, 0.4) is 0 Å². The number of nitrogens with one attached hydrogen (secondary N) is 1. The van der Waals surface area contributed by atoms with Crippen molar-refractivity contribution in [1.82, 2.24) is 10.2 Å². The van der Waals surface area contributed by atoms with E-state index in [-0.39, 0.29) is 54.7 Å². The van der Waals surface area contributed by atoms with Crippen LogP contribution in [0.25, 0.3) is 0 Å². The number of hydrogen-bond donors (Lipinski definition) is 2. The Morgan fingerprint density at radius 1 is 0.974 bits per heavy atom. The van der Waals surface area contributed by atoms with Crippen molar-refractivity contribution in [3.8, 4) is 11.5 Å². The lowest BCUT2D eigenvalue weighted by Gasteiger charge is -2.56. The maximum Gasteiger partial charge on any atom is 0.308 e. The summed E-state index contributed by atoms with van der Waals surface area (Å²) in [7, 11) is 3.33. The van der Waals surface area contributed by atoms with Gasteiger partial charge in [0, 0.05) is 36.7 Å². The van der Waals surface area contributed by atoms with E-state index in [0.717, 1.165) is 30.0 Å². The number of carboxylic acids is 1. The van der Waals surface area contributed by atoms with Crippen molar-refractivity contribution in [3.05, 3.63) is 95.6 Å². The minimum Gasteiger partial charge on any atom is -0.497 e. The monoisotopic (exact) mass is 558 g/mol. The third-order valence-corrected chi connectivity index (χ3v) is 7.94. The molecule has 2 bridgehead atoms. The van der Waals surface area contributed by atoms with E-state index in [4.69, 9.17) is 9.47 Å². The molecule has 6 nitrogen and oxygen atoms in total. The van der Waals surface area contributed by atoms with E-state index in [1.807, 2.05) is 30.3 Å². The third kappa shape index (κ3) is 5.94. The van der Waals surface area contributed by atoms with Crippen LogP contribution >= 0.6 is 24.8 Å². The molecule has 0 aliphatic carbocycles. The highest BCUT2D eigenvalue weighted by atomic mass is 35.5.